The maximum Gasteiger partial charge on any atom is 0.326 e. The van der Waals surface area contributed by atoms with Crippen molar-refractivity contribution in [2.45, 2.75) is 18.7 Å². The van der Waals surface area contributed by atoms with Gasteiger partial charge in [-0.15, -0.1) is 0 Å². The molecule has 8 heteroatoms. The first kappa shape index (κ1) is 20.1. The summed E-state index contributed by atoms with van der Waals surface area (Å²) in [5.74, 6) is -0.0661. The van der Waals surface area contributed by atoms with E-state index in [9.17, 15) is 13.2 Å². The molecule has 0 spiro atoms. The number of ether oxygens (including phenoxy) is 2. The predicted octanol–water partition coefficient (Wildman–Crippen LogP) is 3.42. The van der Waals surface area contributed by atoms with Crippen LogP contribution in [0.3, 0.4) is 0 Å². The van der Waals surface area contributed by atoms with Crippen molar-refractivity contribution in [1.29, 1.82) is 0 Å². The summed E-state index contributed by atoms with van der Waals surface area (Å²) in [6.07, 6.45) is 0. The highest BCUT2D eigenvalue weighted by atomic mass is 35.5. The topological polar surface area (TPSA) is 72.9 Å². The molecule has 0 atom stereocenters. The van der Waals surface area contributed by atoms with Crippen molar-refractivity contribution in [3.8, 4) is 5.75 Å². The Morgan fingerprint density at radius 1 is 1.15 bits per heavy atom. The summed E-state index contributed by atoms with van der Waals surface area (Å²) in [5, 5.41) is 0.461. The average Bonchev–Trinajstić information content (AvgIpc) is 2.60. The number of hydrogen-bond donors (Lipinski definition) is 0. The van der Waals surface area contributed by atoms with Crippen molar-refractivity contribution in [2.24, 2.45) is 0 Å². The molecular formula is C18H20ClNO5S. The highest BCUT2D eigenvalue weighted by Crippen LogP contribution is 2.28. The molecule has 0 saturated heterocycles. The number of carbonyl (C=O) groups excluding carboxylic acids is 1. The maximum atomic E-state index is 13.2. The number of benzene rings is 2. The molecule has 0 aliphatic carbocycles. The van der Waals surface area contributed by atoms with E-state index in [1.165, 1.54) is 31.4 Å². The summed E-state index contributed by atoms with van der Waals surface area (Å²) in [7, 11) is -2.48. The first-order chi connectivity index (χ1) is 12.3. The lowest BCUT2D eigenvalue weighted by Gasteiger charge is -2.24. The molecule has 0 heterocycles. The molecule has 0 unspecified atom stereocenters. The van der Waals surface area contributed by atoms with E-state index in [0.717, 1.165) is 4.31 Å². The Morgan fingerprint density at radius 2 is 1.81 bits per heavy atom. The number of aryl methyl sites for hydroxylation is 1. The molecule has 0 saturated carbocycles. The first-order valence-corrected chi connectivity index (χ1v) is 9.70. The zero-order valence-electron chi connectivity index (χ0n) is 14.7. The summed E-state index contributed by atoms with van der Waals surface area (Å²) in [6.45, 7) is 3.12. The van der Waals surface area contributed by atoms with E-state index in [1.54, 1.807) is 32.0 Å². The van der Waals surface area contributed by atoms with E-state index >= 15 is 0 Å². The second-order valence-electron chi connectivity index (χ2n) is 5.42. The summed E-state index contributed by atoms with van der Waals surface area (Å²) in [5.41, 5.74) is 0.983. The van der Waals surface area contributed by atoms with Gasteiger partial charge in [-0.2, -0.15) is 0 Å². The van der Waals surface area contributed by atoms with Crippen molar-refractivity contribution in [3.05, 3.63) is 53.1 Å². The van der Waals surface area contributed by atoms with Gasteiger partial charge < -0.3 is 9.47 Å². The van der Waals surface area contributed by atoms with Gasteiger partial charge in [-0.05, 0) is 61.9 Å². The fraction of sp³-hybridized carbons (Fsp3) is 0.278. The zero-order valence-corrected chi connectivity index (χ0v) is 16.3. The Bertz CT molecular complexity index is 881. The predicted molar refractivity (Wildman–Crippen MR) is 100 cm³/mol. The smallest absolute Gasteiger partial charge is 0.326 e. The van der Waals surface area contributed by atoms with Crippen molar-refractivity contribution >= 4 is 33.3 Å². The fourth-order valence-corrected chi connectivity index (χ4v) is 4.01. The highest BCUT2D eigenvalue weighted by molar-refractivity contribution is 7.92. The number of carbonyl (C=O) groups is 1. The minimum Gasteiger partial charge on any atom is -0.496 e. The van der Waals surface area contributed by atoms with Crippen LogP contribution in [0.4, 0.5) is 5.69 Å². The molecule has 0 bridgehead atoms. The Balaban J connectivity index is 2.49. The maximum absolute atomic E-state index is 13.2. The van der Waals surface area contributed by atoms with E-state index in [2.05, 4.69) is 0 Å². The molecule has 0 N–H and O–H groups in total. The Labute approximate surface area is 158 Å². The van der Waals surface area contributed by atoms with E-state index in [1.807, 2.05) is 0 Å². The largest absolute Gasteiger partial charge is 0.496 e. The van der Waals surface area contributed by atoms with Gasteiger partial charge in [0.15, 0.2) is 0 Å². The first-order valence-electron chi connectivity index (χ1n) is 7.88. The number of methoxy groups -OCH3 is 1. The number of hydrogen-bond acceptors (Lipinski definition) is 5. The summed E-state index contributed by atoms with van der Waals surface area (Å²) in [4.78, 5) is 12.0. The molecule has 2 aromatic rings. The standard InChI is InChI=1S/C18H20ClNO5S/c1-4-25-18(21)12-20(15-7-5-14(19)6-8-15)26(22,23)16-9-10-17(24-3)13(2)11-16/h5-11H,4,12H2,1-3H3. The zero-order chi connectivity index (χ0) is 19.3. The molecule has 0 aromatic heterocycles. The van der Waals surface area contributed by atoms with Gasteiger partial charge in [-0.1, -0.05) is 11.6 Å². The van der Waals surface area contributed by atoms with Gasteiger partial charge in [-0.3, -0.25) is 9.10 Å². The molecule has 6 nitrogen and oxygen atoms in total. The molecule has 0 aliphatic heterocycles. The van der Waals surface area contributed by atoms with Gasteiger partial charge in [-0.25, -0.2) is 8.42 Å². The molecule has 2 aromatic carbocycles. The molecule has 140 valence electrons. The third kappa shape index (κ3) is 4.47. The van der Waals surface area contributed by atoms with Crippen molar-refractivity contribution in [1.82, 2.24) is 0 Å². The minimum absolute atomic E-state index is 0.0510. The molecule has 0 amide bonds. The third-order valence-electron chi connectivity index (χ3n) is 3.65. The third-order valence-corrected chi connectivity index (χ3v) is 5.67. The summed E-state index contributed by atoms with van der Waals surface area (Å²) in [6, 6.07) is 10.7. The average molecular weight is 398 g/mol. The van der Waals surface area contributed by atoms with Crippen molar-refractivity contribution < 1.29 is 22.7 Å². The van der Waals surface area contributed by atoms with Crippen LogP contribution in [0.25, 0.3) is 0 Å². The second-order valence-corrected chi connectivity index (χ2v) is 7.72. The lowest BCUT2D eigenvalue weighted by molar-refractivity contribution is -0.141. The van der Waals surface area contributed by atoms with E-state index < -0.39 is 22.5 Å². The van der Waals surface area contributed by atoms with Crippen LogP contribution in [0.15, 0.2) is 47.4 Å². The summed E-state index contributed by atoms with van der Waals surface area (Å²) >= 11 is 5.88. The van der Waals surface area contributed by atoms with Gasteiger partial charge in [0.2, 0.25) is 0 Å². The van der Waals surface area contributed by atoms with Crippen LogP contribution in [-0.2, 0) is 19.6 Å². The molecular weight excluding hydrogens is 378 g/mol. The normalized spacial score (nSPS) is 11.1. The van der Waals surface area contributed by atoms with Crippen LogP contribution in [0.5, 0.6) is 5.75 Å². The van der Waals surface area contributed by atoms with Gasteiger partial charge in [0.1, 0.15) is 12.3 Å². The van der Waals surface area contributed by atoms with E-state index in [-0.39, 0.29) is 11.5 Å². The number of anilines is 1. The van der Waals surface area contributed by atoms with Gasteiger partial charge in [0, 0.05) is 5.02 Å². The van der Waals surface area contributed by atoms with Crippen LogP contribution >= 0.6 is 11.6 Å². The number of sulfonamides is 1. The minimum atomic E-state index is -3.99. The van der Waals surface area contributed by atoms with Crippen molar-refractivity contribution in [2.75, 3.05) is 24.6 Å². The Kier molecular flexibility index (Phi) is 6.50. The number of nitrogens with zero attached hydrogens (tertiary/aromatic N) is 1. The summed E-state index contributed by atoms with van der Waals surface area (Å²) < 4.78 is 37.4. The fourth-order valence-electron chi connectivity index (χ4n) is 2.38. The van der Waals surface area contributed by atoms with Crippen LogP contribution in [0, 0.1) is 6.92 Å². The van der Waals surface area contributed by atoms with Crippen LogP contribution in [0.1, 0.15) is 12.5 Å². The van der Waals surface area contributed by atoms with Crippen LogP contribution in [0.2, 0.25) is 5.02 Å². The van der Waals surface area contributed by atoms with E-state index in [4.69, 9.17) is 21.1 Å². The van der Waals surface area contributed by atoms with Crippen LogP contribution < -0.4 is 9.04 Å². The van der Waals surface area contributed by atoms with Crippen molar-refractivity contribution in [3.63, 3.8) is 0 Å². The quantitative estimate of drug-likeness (QED) is 0.669. The molecule has 0 radical (unpaired) electrons. The number of esters is 1. The number of halogens is 1. The molecule has 2 rings (SSSR count). The SMILES string of the molecule is CCOC(=O)CN(c1ccc(Cl)cc1)S(=O)(=O)c1ccc(OC)c(C)c1. The van der Waals surface area contributed by atoms with Gasteiger partial charge >= 0.3 is 5.97 Å². The molecule has 0 aliphatic rings. The Hall–Kier alpha value is -2.25. The highest BCUT2D eigenvalue weighted by Gasteiger charge is 2.28. The number of rotatable bonds is 7. The molecule has 0 fully saturated rings. The lowest BCUT2D eigenvalue weighted by atomic mass is 10.2. The van der Waals surface area contributed by atoms with Gasteiger partial charge in [0.05, 0.1) is 24.3 Å². The Morgan fingerprint density at radius 3 is 2.35 bits per heavy atom. The second kappa shape index (κ2) is 8.42. The lowest BCUT2D eigenvalue weighted by Crippen LogP contribution is -2.36. The van der Waals surface area contributed by atoms with Gasteiger partial charge in [0.25, 0.3) is 10.0 Å². The van der Waals surface area contributed by atoms with Crippen LogP contribution in [-0.4, -0.2) is 34.6 Å². The molecule has 26 heavy (non-hydrogen) atoms. The van der Waals surface area contributed by atoms with E-state index in [0.29, 0.717) is 22.0 Å². The monoisotopic (exact) mass is 397 g/mol.